The van der Waals surface area contributed by atoms with Gasteiger partial charge in [-0.3, -0.25) is 10.00 Å². The fraction of sp³-hybridized carbons (Fsp3) is 0.471. The molecule has 21 heavy (non-hydrogen) atoms. The van der Waals surface area contributed by atoms with Gasteiger partial charge in [0.25, 0.3) is 0 Å². The van der Waals surface area contributed by atoms with Crippen LogP contribution in [0.1, 0.15) is 41.1 Å². The molecule has 2 aromatic rings. The van der Waals surface area contributed by atoms with Crippen LogP contribution in [0.4, 0.5) is 0 Å². The van der Waals surface area contributed by atoms with E-state index in [0.717, 1.165) is 30.8 Å². The average Bonchev–Trinajstić information content (AvgIpc) is 2.99. The number of aromatic amines is 1. The van der Waals surface area contributed by atoms with Crippen molar-refractivity contribution in [3.05, 3.63) is 46.8 Å². The number of aromatic hydroxyl groups is 1. The Kier molecular flexibility index (Phi) is 3.97. The first kappa shape index (κ1) is 14.1. The zero-order valence-corrected chi connectivity index (χ0v) is 12.8. The normalized spacial score (nSPS) is 19.8. The third-order valence-corrected chi connectivity index (χ3v) is 4.42. The third kappa shape index (κ3) is 3.10. The van der Waals surface area contributed by atoms with Gasteiger partial charge in [-0.25, -0.2) is 0 Å². The number of hydrogen-bond acceptors (Lipinski definition) is 3. The van der Waals surface area contributed by atoms with Crippen molar-refractivity contribution in [2.45, 2.75) is 39.2 Å². The molecule has 3 rings (SSSR count). The minimum atomic E-state index is 0.424. The molecule has 1 aliphatic heterocycles. The number of benzene rings is 1. The first-order valence-electron chi connectivity index (χ1n) is 7.64. The molecule has 2 N–H and O–H groups in total. The van der Waals surface area contributed by atoms with Crippen LogP contribution in [0.25, 0.3) is 0 Å². The van der Waals surface area contributed by atoms with E-state index in [4.69, 9.17) is 0 Å². The number of likely N-dealkylation sites (tertiary alicyclic amines) is 1. The highest BCUT2D eigenvalue weighted by Crippen LogP contribution is 2.28. The summed E-state index contributed by atoms with van der Waals surface area (Å²) in [6.07, 6.45) is 4.28. The van der Waals surface area contributed by atoms with Crippen molar-refractivity contribution >= 4 is 0 Å². The third-order valence-electron chi connectivity index (χ3n) is 4.42. The fourth-order valence-electron chi connectivity index (χ4n) is 3.34. The highest BCUT2D eigenvalue weighted by molar-refractivity contribution is 5.42. The standard InChI is InChI=1S/C17H23N3O/c1-12-8-14(9-13(2)17(12)21)10-20-7-3-4-15(11-20)16-5-6-18-19-16/h5-6,8-9,15,21H,3-4,7,10-11H2,1-2H3,(H,18,19)/t15-/m1/s1. The molecule has 1 aromatic heterocycles. The summed E-state index contributed by atoms with van der Waals surface area (Å²) in [4.78, 5) is 2.50. The largest absolute Gasteiger partial charge is 0.507 e. The second kappa shape index (κ2) is 5.90. The van der Waals surface area contributed by atoms with Crippen LogP contribution < -0.4 is 0 Å². The van der Waals surface area contributed by atoms with Crippen LogP contribution in [-0.2, 0) is 6.54 Å². The van der Waals surface area contributed by atoms with E-state index in [9.17, 15) is 5.11 Å². The lowest BCUT2D eigenvalue weighted by atomic mass is 9.94. The molecule has 4 heteroatoms. The van der Waals surface area contributed by atoms with Gasteiger partial charge in [0.2, 0.25) is 0 Å². The van der Waals surface area contributed by atoms with Gasteiger partial charge in [0, 0.05) is 30.9 Å². The van der Waals surface area contributed by atoms with Gasteiger partial charge in [0.15, 0.2) is 0 Å². The molecule has 0 bridgehead atoms. The van der Waals surface area contributed by atoms with Crippen LogP contribution in [-0.4, -0.2) is 33.3 Å². The molecule has 2 heterocycles. The van der Waals surface area contributed by atoms with Gasteiger partial charge in [-0.15, -0.1) is 0 Å². The van der Waals surface area contributed by atoms with Gasteiger partial charge < -0.3 is 5.11 Å². The zero-order valence-electron chi connectivity index (χ0n) is 12.8. The smallest absolute Gasteiger partial charge is 0.121 e. The van der Waals surface area contributed by atoms with Gasteiger partial charge in [0.05, 0.1) is 0 Å². The molecular weight excluding hydrogens is 262 g/mol. The van der Waals surface area contributed by atoms with Crippen molar-refractivity contribution in [1.29, 1.82) is 0 Å². The van der Waals surface area contributed by atoms with Crippen LogP contribution >= 0.6 is 0 Å². The number of phenols is 1. The lowest BCUT2D eigenvalue weighted by Gasteiger charge is -2.32. The molecule has 0 aliphatic carbocycles. The molecule has 1 saturated heterocycles. The van der Waals surface area contributed by atoms with Crippen LogP contribution in [0.3, 0.4) is 0 Å². The molecular formula is C17H23N3O. The number of aromatic nitrogens is 2. The molecule has 0 spiro atoms. The van der Waals surface area contributed by atoms with Crippen LogP contribution in [0.15, 0.2) is 24.4 Å². The van der Waals surface area contributed by atoms with Crippen molar-refractivity contribution in [1.82, 2.24) is 15.1 Å². The monoisotopic (exact) mass is 285 g/mol. The number of aryl methyl sites for hydroxylation is 2. The minimum absolute atomic E-state index is 0.424. The molecule has 112 valence electrons. The van der Waals surface area contributed by atoms with Crippen LogP contribution in [0, 0.1) is 13.8 Å². The van der Waals surface area contributed by atoms with Crippen molar-refractivity contribution in [2.24, 2.45) is 0 Å². The molecule has 0 radical (unpaired) electrons. The van der Waals surface area contributed by atoms with Crippen LogP contribution in [0.2, 0.25) is 0 Å². The molecule has 0 saturated carbocycles. The van der Waals surface area contributed by atoms with Gasteiger partial charge in [-0.1, -0.05) is 12.1 Å². The highest BCUT2D eigenvalue weighted by Gasteiger charge is 2.22. The predicted octanol–water partition coefficient (Wildman–Crippen LogP) is 3.11. The summed E-state index contributed by atoms with van der Waals surface area (Å²) in [5.74, 6) is 0.980. The highest BCUT2D eigenvalue weighted by atomic mass is 16.3. The Balaban J connectivity index is 1.70. The van der Waals surface area contributed by atoms with Gasteiger partial charge in [0.1, 0.15) is 5.75 Å². The Labute approximate surface area is 125 Å². The Bertz CT molecular complexity index is 583. The van der Waals surface area contributed by atoms with E-state index in [1.54, 1.807) is 0 Å². The maximum atomic E-state index is 9.88. The van der Waals surface area contributed by atoms with Crippen molar-refractivity contribution in [3.8, 4) is 5.75 Å². The SMILES string of the molecule is Cc1cc(CN2CCC[C@@H](c3ccn[nH]3)C2)cc(C)c1O. The number of rotatable bonds is 3. The van der Waals surface area contributed by atoms with Gasteiger partial charge in [-0.05, 0) is 56.0 Å². The van der Waals surface area contributed by atoms with E-state index in [0.29, 0.717) is 11.7 Å². The number of H-pyrrole nitrogens is 1. The Morgan fingerprint density at radius 2 is 2.10 bits per heavy atom. The van der Waals surface area contributed by atoms with E-state index in [-0.39, 0.29) is 0 Å². The lowest BCUT2D eigenvalue weighted by molar-refractivity contribution is 0.198. The van der Waals surface area contributed by atoms with Crippen molar-refractivity contribution in [2.75, 3.05) is 13.1 Å². The lowest BCUT2D eigenvalue weighted by Crippen LogP contribution is -2.34. The molecule has 0 amide bonds. The topological polar surface area (TPSA) is 52.2 Å². The summed E-state index contributed by atoms with van der Waals surface area (Å²) in [6.45, 7) is 7.10. The summed E-state index contributed by atoms with van der Waals surface area (Å²) in [7, 11) is 0. The van der Waals surface area contributed by atoms with E-state index in [2.05, 4.69) is 33.3 Å². The number of phenolic OH excluding ortho intramolecular Hbond substituents is 1. The summed E-state index contributed by atoms with van der Waals surface area (Å²) in [5.41, 5.74) is 4.46. The van der Waals surface area contributed by atoms with E-state index in [1.165, 1.54) is 24.1 Å². The number of hydrogen-bond donors (Lipinski definition) is 2. The maximum absolute atomic E-state index is 9.88. The predicted molar refractivity (Wildman–Crippen MR) is 83.4 cm³/mol. The Hall–Kier alpha value is -1.81. The first-order chi connectivity index (χ1) is 10.1. The molecule has 1 atom stereocenters. The molecule has 1 fully saturated rings. The van der Waals surface area contributed by atoms with Gasteiger partial charge >= 0.3 is 0 Å². The molecule has 4 nitrogen and oxygen atoms in total. The minimum Gasteiger partial charge on any atom is -0.507 e. The van der Waals surface area contributed by atoms with E-state index in [1.807, 2.05) is 20.0 Å². The number of nitrogens with one attached hydrogen (secondary N) is 1. The Morgan fingerprint density at radius 1 is 1.33 bits per heavy atom. The summed E-state index contributed by atoms with van der Waals surface area (Å²) in [5, 5.41) is 17.1. The molecule has 1 aromatic carbocycles. The zero-order chi connectivity index (χ0) is 14.8. The first-order valence-corrected chi connectivity index (χ1v) is 7.64. The number of piperidine rings is 1. The molecule has 0 unspecified atom stereocenters. The number of nitrogens with zero attached hydrogens (tertiary/aromatic N) is 2. The molecule has 1 aliphatic rings. The van der Waals surface area contributed by atoms with Crippen molar-refractivity contribution < 1.29 is 5.11 Å². The van der Waals surface area contributed by atoms with E-state index < -0.39 is 0 Å². The summed E-state index contributed by atoms with van der Waals surface area (Å²) in [6, 6.07) is 6.29. The summed E-state index contributed by atoms with van der Waals surface area (Å²) >= 11 is 0. The van der Waals surface area contributed by atoms with Crippen molar-refractivity contribution in [3.63, 3.8) is 0 Å². The maximum Gasteiger partial charge on any atom is 0.121 e. The van der Waals surface area contributed by atoms with Gasteiger partial charge in [-0.2, -0.15) is 5.10 Å². The average molecular weight is 285 g/mol. The second-order valence-electron chi connectivity index (χ2n) is 6.16. The van der Waals surface area contributed by atoms with Crippen LogP contribution in [0.5, 0.6) is 5.75 Å². The second-order valence-corrected chi connectivity index (χ2v) is 6.16. The quantitative estimate of drug-likeness (QED) is 0.911. The summed E-state index contributed by atoms with van der Waals surface area (Å²) < 4.78 is 0. The van der Waals surface area contributed by atoms with E-state index >= 15 is 0 Å². The fourth-order valence-corrected chi connectivity index (χ4v) is 3.34. The Morgan fingerprint density at radius 3 is 2.76 bits per heavy atom.